The molecule has 0 radical (unpaired) electrons. The van der Waals surface area contributed by atoms with Crippen LogP contribution in [0.25, 0.3) is 0 Å². The lowest BCUT2D eigenvalue weighted by molar-refractivity contribution is 0.0569. The largest absolute Gasteiger partial charge is 0.491 e. The summed E-state index contributed by atoms with van der Waals surface area (Å²) in [7, 11) is 4.16. The van der Waals surface area contributed by atoms with Crippen molar-refractivity contribution in [3.63, 3.8) is 0 Å². The third kappa shape index (κ3) is 8.70. The molecule has 1 N–H and O–H groups in total. The number of halogens is 1. The van der Waals surface area contributed by atoms with Gasteiger partial charge in [0.25, 0.3) is 0 Å². The Hall–Kier alpha value is -1.46. The minimum atomic E-state index is -0.379. The van der Waals surface area contributed by atoms with Crippen molar-refractivity contribution in [2.75, 3.05) is 32.6 Å². The molecule has 0 unspecified atom stereocenters. The summed E-state index contributed by atoms with van der Waals surface area (Å²) in [6, 6.07) is 7.57. The fraction of sp³-hybridized carbons (Fsp3) is 0.682. The summed E-state index contributed by atoms with van der Waals surface area (Å²) in [5, 5.41) is 2.89. The van der Waals surface area contributed by atoms with Crippen LogP contribution >= 0.6 is 12.4 Å². The van der Waals surface area contributed by atoms with Crippen LogP contribution in [0.4, 0.5) is 10.5 Å². The van der Waals surface area contributed by atoms with E-state index >= 15 is 0 Å². The fourth-order valence-electron chi connectivity index (χ4n) is 3.69. The summed E-state index contributed by atoms with van der Waals surface area (Å²) in [5.74, 6) is 1.10. The molecule has 1 aromatic carbocycles. The van der Waals surface area contributed by atoms with Gasteiger partial charge >= 0.3 is 6.09 Å². The van der Waals surface area contributed by atoms with Crippen LogP contribution in [-0.4, -0.2) is 44.3 Å². The molecule has 0 spiro atoms. The van der Waals surface area contributed by atoms with E-state index in [1.807, 2.05) is 24.3 Å². The van der Waals surface area contributed by atoms with Gasteiger partial charge in [0.05, 0.1) is 12.3 Å². The molecule has 1 aromatic rings. The highest BCUT2D eigenvalue weighted by Gasteiger charge is 2.27. The number of anilines is 1. The van der Waals surface area contributed by atoms with E-state index in [1.165, 1.54) is 12.8 Å². The molecule has 1 amide bonds. The zero-order valence-electron chi connectivity index (χ0n) is 17.6. The Labute approximate surface area is 176 Å². The molecule has 28 heavy (non-hydrogen) atoms. The lowest BCUT2D eigenvalue weighted by Gasteiger charge is -2.27. The Morgan fingerprint density at radius 2 is 1.89 bits per heavy atom. The predicted octanol–water partition coefficient (Wildman–Crippen LogP) is 5.74. The van der Waals surface area contributed by atoms with Crippen molar-refractivity contribution < 1.29 is 14.3 Å². The van der Waals surface area contributed by atoms with Crippen LogP contribution in [0, 0.1) is 5.92 Å². The normalized spacial score (nSPS) is 19.4. The first kappa shape index (κ1) is 24.6. The zero-order chi connectivity index (χ0) is 19.5. The SMILES string of the molecule is CCCCCOc1ccccc1NC(=O)O[C@H]1CCCCC[C@@H]1CN(C)C.Cl. The molecule has 5 nitrogen and oxygen atoms in total. The van der Waals surface area contributed by atoms with Gasteiger partial charge in [0.15, 0.2) is 0 Å². The fourth-order valence-corrected chi connectivity index (χ4v) is 3.69. The summed E-state index contributed by atoms with van der Waals surface area (Å²) < 4.78 is 11.7. The quantitative estimate of drug-likeness (QED) is 0.415. The van der Waals surface area contributed by atoms with Gasteiger partial charge in [-0.1, -0.05) is 44.7 Å². The van der Waals surface area contributed by atoms with Gasteiger partial charge in [-0.05, 0) is 51.9 Å². The molecule has 1 fully saturated rings. The van der Waals surface area contributed by atoms with Gasteiger partial charge in [0.2, 0.25) is 0 Å². The van der Waals surface area contributed by atoms with E-state index < -0.39 is 0 Å². The number of nitrogens with zero attached hydrogens (tertiary/aromatic N) is 1. The van der Waals surface area contributed by atoms with Crippen LogP contribution in [0.5, 0.6) is 5.75 Å². The summed E-state index contributed by atoms with van der Waals surface area (Å²) in [6.07, 6.45) is 8.55. The van der Waals surface area contributed by atoms with Crippen LogP contribution < -0.4 is 10.1 Å². The number of carbonyl (C=O) groups excluding carboxylic acids is 1. The molecule has 0 saturated heterocycles. The second kappa shape index (κ2) is 13.7. The molecule has 2 rings (SSSR count). The van der Waals surface area contributed by atoms with Crippen molar-refractivity contribution in [1.82, 2.24) is 4.90 Å². The van der Waals surface area contributed by atoms with Gasteiger partial charge in [0.1, 0.15) is 11.9 Å². The zero-order valence-corrected chi connectivity index (χ0v) is 18.4. The van der Waals surface area contributed by atoms with E-state index in [2.05, 4.69) is 31.2 Å². The molecule has 1 saturated carbocycles. The average Bonchev–Trinajstić information content (AvgIpc) is 2.85. The number of amides is 1. The van der Waals surface area contributed by atoms with Crippen LogP contribution in [0.15, 0.2) is 24.3 Å². The van der Waals surface area contributed by atoms with Gasteiger partial charge in [-0.15, -0.1) is 12.4 Å². The molecular weight excluding hydrogens is 376 g/mol. The van der Waals surface area contributed by atoms with Gasteiger partial charge in [0, 0.05) is 12.5 Å². The van der Waals surface area contributed by atoms with Crippen molar-refractivity contribution in [2.24, 2.45) is 5.92 Å². The highest BCUT2D eigenvalue weighted by Crippen LogP contribution is 2.28. The third-order valence-electron chi connectivity index (χ3n) is 5.08. The highest BCUT2D eigenvalue weighted by molar-refractivity contribution is 5.86. The Balaban J connectivity index is 0.00000392. The number of para-hydroxylation sites is 2. The molecule has 2 atom stereocenters. The minimum Gasteiger partial charge on any atom is -0.491 e. The standard InChI is InChI=1S/C22H36N2O3.ClH/c1-4-5-11-16-26-21-15-10-9-13-19(21)23-22(25)27-20-14-8-6-7-12-18(20)17-24(2)3;/h9-10,13,15,18,20H,4-8,11-12,14,16-17H2,1-3H3,(H,23,25);1H/t18-,20+;/m1./s1. The number of benzene rings is 1. The highest BCUT2D eigenvalue weighted by atomic mass is 35.5. The molecule has 0 aromatic heterocycles. The van der Waals surface area contributed by atoms with E-state index in [-0.39, 0.29) is 24.6 Å². The Kier molecular flexibility index (Phi) is 12.0. The average molecular weight is 413 g/mol. The maximum atomic E-state index is 12.6. The number of carbonyl (C=O) groups is 1. The maximum Gasteiger partial charge on any atom is 0.412 e. The van der Waals surface area contributed by atoms with Gasteiger partial charge in [-0.3, -0.25) is 5.32 Å². The van der Waals surface area contributed by atoms with Crippen molar-refractivity contribution in [2.45, 2.75) is 64.4 Å². The summed E-state index contributed by atoms with van der Waals surface area (Å²) in [6.45, 7) is 3.78. The predicted molar refractivity (Wildman–Crippen MR) is 118 cm³/mol. The molecular formula is C22H37ClN2O3. The van der Waals surface area contributed by atoms with Crippen molar-refractivity contribution in [1.29, 1.82) is 0 Å². The second-order valence-electron chi connectivity index (χ2n) is 7.78. The molecule has 0 heterocycles. The minimum absolute atomic E-state index is 0. The number of hydrogen-bond donors (Lipinski definition) is 1. The van der Waals surface area contributed by atoms with E-state index in [4.69, 9.17) is 9.47 Å². The van der Waals surface area contributed by atoms with E-state index in [0.29, 0.717) is 24.0 Å². The van der Waals surface area contributed by atoms with Gasteiger partial charge in [-0.25, -0.2) is 4.79 Å². The van der Waals surface area contributed by atoms with Crippen molar-refractivity contribution in [3.05, 3.63) is 24.3 Å². The lowest BCUT2D eigenvalue weighted by Crippen LogP contribution is -2.34. The Morgan fingerprint density at radius 3 is 2.64 bits per heavy atom. The number of ether oxygens (including phenoxy) is 2. The Bertz CT molecular complexity index is 568. The van der Waals surface area contributed by atoms with Crippen molar-refractivity contribution in [3.8, 4) is 5.75 Å². The topological polar surface area (TPSA) is 50.8 Å². The maximum absolute atomic E-state index is 12.6. The van der Waals surface area contributed by atoms with Crippen LogP contribution in [-0.2, 0) is 4.74 Å². The van der Waals surface area contributed by atoms with Crippen LogP contribution in [0.1, 0.15) is 58.3 Å². The third-order valence-corrected chi connectivity index (χ3v) is 5.08. The molecule has 0 bridgehead atoms. The first-order valence-electron chi connectivity index (χ1n) is 10.4. The lowest BCUT2D eigenvalue weighted by atomic mass is 9.97. The van der Waals surface area contributed by atoms with Gasteiger partial charge in [-0.2, -0.15) is 0 Å². The number of rotatable bonds is 9. The smallest absolute Gasteiger partial charge is 0.412 e. The van der Waals surface area contributed by atoms with E-state index in [9.17, 15) is 4.79 Å². The van der Waals surface area contributed by atoms with Crippen LogP contribution in [0.3, 0.4) is 0 Å². The summed E-state index contributed by atoms with van der Waals surface area (Å²) in [5.41, 5.74) is 0.678. The first-order valence-corrected chi connectivity index (χ1v) is 10.4. The molecule has 160 valence electrons. The van der Waals surface area contributed by atoms with Gasteiger partial charge < -0.3 is 14.4 Å². The molecule has 1 aliphatic rings. The molecule has 6 heteroatoms. The second-order valence-corrected chi connectivity index (χ2v) is 7.78. The summed E-state index contributed by atoms with van der Waals surface area (Å²) in [4.78, 5) is 14.7. The molecule has 0 aliphatic heterocycles. The van der Waals surface area contributed by atoms with Crippen molar-refractivity contribution >= 4 is 24.2 Å². The molecule has 1 aliphatic carbocycles. The van der Waals surface area contributed by atoms with E-state index in [1.54, 1.807) is 0 Å². The number of hydrogen-bond acceptors (Lipinski definition) is 4. The summed E-state index contributed by atoms with van der Waals surface area (Å²) >= 11 is 0. The van der Waals surface area contributed by atoms with E-state index in [0.717, 1.165) is 45.1 Å². The first-order chi connectivity index (χ1) is 13.1. The number of unbranched alkanes of at least 4 members (excludes halogenated alkanes) is 2. The Morgan fingerprint density at radius 1 is 1.14 bits per heavy atom. The van der Waals surface area contributed by atoms with Crippen LogP contribution in [0.2, 0.25) is 0 Å². The monoisotopic (exact) mass is 412 g/mol. The number of nitrogens with one attached hydrogen (secondary N) is 1.